The molecule has 1 aromatic carbocycles. The van der Waals surface area contributed by atoms with Gasteiger partial charge in [0.2, 0.25) is 0 Å². The second-order valence-electron chi connectivity index (χ2n) is 5.66. The summed E-state index contributed by atoms with van der Waals surface area (Å²) in [5, 5.41) is 4.08. The molecule has 0 saturated heterocycles. The summed E-state index contributed by atoms with van der Waals surface area (Å²) in [4.78, 5) is 0. The van der Waals surface area contributed by atoms with Crippen molar-refractivity contribution in [3.63, 3.8) is 0 Å². The summed E-state index contributed by atoms with van der Waals surface area (Å²) in [6, 6.07) is 7.26. The predicted molar refractivity (Wildman–Crippen MR) is 77.3 cm³/mol. The van der Waals surface area contributed by atoms with Gasteiger partial charge in [-0.3, -0.25) is 0 Å². The molecule has 1 saturated carbocycles. The molecule has 4 heteroatoms. The fraction of sp³-hybridized carbons (Fsp3) is 0.438. The van der Waals surface area contributed by atoms with Gasteiger partial charge in [0.15, 0.2) is 0 Å². The molecule has 0 amide bonds. The number of hydrogen-bond donors (Lipinski definition) is 1. The van der Waals surface area contributed by atoms with Crippen LogP contribution in [0.3, 0.4) is 0 Å². The van der Waals surface area contributed by atoms with Crippen molar-refractivity contribution in [1.82, 2.24) is 9.78 Å². The summed E-state index contributed by atoms with van der Waals surface area (Å²) in [6.45, 7) is 0.591. The molecule has 2 aromatic rings. The van der Waals surface area contributed by atoms with Gasteiger partial charge in [-0.2, -0.15) is 5.10 Å². The Morgan fingerprint density at radius 1 is 1.25 bits per heavy atom. The molecule has 1 aromatic heterocycles. The van der Waals surface area contributed by atoms with E-state index in [1.54, 1.807) is 29.2 Å². The van der Waals surface area contributed by atoms with Crippen molar-refractivity contribution in [2.75, 3.05) is 6.54 Å². The fourth-order valence-electron chi connectivity index (χ4n) is 3.27. The lowest BCUT2D eigenvalue weighted by atomic mass is 9.69. The molecule has 2 N–H and O–H groups in total. The summed E-state index contributed by atoms with van der Waals surface area (Å²) in [6.07, 6.45) is 9.14. The lowest BCUT2D eigenvalue weighted by Gasteiger charge is -2.37. The van der Waals surface area contributed by atoms with Crippen molar-refractivity contribution in [3.8, 4) is 5.69 Å². The van der Waals surface area contributed by atoms with E-state index >= 15 is 0 Å². The largest absolute Gasteiger partial charge is 0.330 e. The molecule has 0 bridgehead atoms. The molecule has 0 radical (unpaired) electrons. The van der Waals surface area contributed by atoms with Crippen molar-refractivity contribution in [3.05, 3.63) is 48.0 Å². The maximum absolute atomic E-state index is 14.4. The first-order valence-corrected chi connectivity index (χ1v) is 7.25. The maximum Gasteiger partial charge on any atom is 0.149 e. The van der Waals surface area contributed by atoms with Crippen LogP contribution in [0, 0.1) is 5.82 Å². The van der Waals surface area contributed by atoms with Crippen LogP contribution >= 0.6 is 0 Å². The van der Waals surface area contributed by atoms with Crippen LogP contribution in [0.2, 0.25) is 0 Å². The van der Waals surface area contributed by atoms with Gasteiger partial charge < -0.3 is 5.73 Å². The van der Waals surface area contributed by atoms with Crippen molar-refractivity contribution in [2.24, 2.45) is 5.73 Å². The number of benzene rings is 1. The zero-order valence-electron chi connectivity index (χ0n) is 11.6. The Morgan fingerprint density at radius 3 is 2.65 bits per heavy atom. The quantitative estimate of drug-likeness (QED) is 0.933. The van der Waals surface area contributed by atoms with E-state index in [1.165, 1.54) is 19.3 Å². The molecule has 3 rings (SSSR count). The molecule has 3 nitrogen and oxygen atoms in total. The Hall–Kier alpha value is -1.68. The predicted octanol–water partition coefficient (Wildman–Crippen LogP) is 3.17. The second-order valence-corrected chi connectivity index (χ2v) is 5.66. The molecule has 0 aliphatic heterocycles. The highest BCUT2D eigenvalue weighted by molar-refractivity contribution is 5.39. The lowest BCUT2D eigenvalue weighted by Crippen LogP contribution is -2.37. The number of halogens is 1. The zero-order valence-corrected chi connectivity index (χ0v) is 11.6. The third-order valence-electron chi connectivity index (χ3n) is 4.51. The van der Waals surface area contributed by atoms with E-state index in [-0.39, 0.29) is 11.2 Å². The number of nitrogens with two attached hydrogens (primary N) is 1. The molecule has 0 spiro atoms. The average Bonchev–Trinajstić information content (AvgIpc) is 3.02. The molecule has 1 aliphatic rings. The third-order valence-corrected chi connectivity index (χ3v) is 4.51. The van der Waals surface area contributed by atoms with E-state index in [2.05, 4.69) is 5.10 Å². The monoisotopic (exact) mass is 273 g/mol. The lowest BCUT2D eigenvalue weighted by molar-refractivity contribution is 0.300. The van der Waals surface area contributed by atoms with E-state index in [4.69, 9.17) is 5.73 Å². The van der Waals surface area contributed by atoms with Gasteiger partial charge in [-0.05, 0) is 36.6 Å². The van der Waals surface area contributed by atoms with E-state index in [1.807, 2.05) is 12.1 Å². The van der Waals surface area contributed by atoms with Gasteiger partial charge in [0.1, 0.15) is 11.5 Å². The van der Waals surface area contributed by atoms with Gasteiger partial charge in [0.05, 0.1) is 0 Å². The molecule has 1 heterocycles. The molecule has 0 unspecified atom stereocenters. The first-order chi connectivity index (χ1) is 9.75. The number of rotatable bonds is 3. The van der Waals surface area contributed by atoms with E-state index in [9.17, 15) is 4.39 Å². The van der Waals surface area contributed by atoms with Gasteiger partial charge in [-0.15, -0.1) is 0 Å². The van der Waals surface area contributed by atoms with Gasteiger partial charge >= 0.3 is 0 Å². The Bertz CT molecular complexity index is 571. The highest BCUT2D eigenvalue weighted by Crippen LogP contribution is 2.39. The molecule has 1 fully saturated rings. The molecular weight excluding hydrogens is 253 g/mol. The van der Waals surface area contributed by atoms with Crippen molar-refractivity contribution in [2.45, 2.75) is 37.5 Å². The normalized spacial score (nSPS) is 18.1. The number of aromatic nitrogens is 2. The topological polar surface area (TPSA) is 43.8 Å². The van der Waals surface area contributed by atoms with Gasteiger partial charge in [0.25, 0.3) is 0 Å². The summed E-state index contributed by atoms with van der Waals surface area (Å²) in [5.74, 6) is -0.232. The second kappa shape index (κ2) is 5.37. The fourth-order valence-corrected chi connectivity index (χ4v) is 3.27. The smallest absolute Gasteiger partial charge is 0.149 e. The first kappa shape index (κ1) is 13.3. The average molecular weight is 273 g/mol. The van der Waals surface area contributed by atoms with Gasteiger partial charge in [-0.25, -0.2) is 9.07 Å². The van der Waals surface area contributed by atoms with Crippen molar-refractivity contribution < 1.29 is 4.39 Å². The van der Waals surface area contributed by atoms with Crippen LogP contribution in [0.5, 0.6) is 0 Å². The highest BCUT2D eigenvalue weighted by atomic mass is 19.1. The van der Waals surface area contributed by atoms with Crippen LogP contribution in [0.4, 0.5) is 4.39 Å². The van der Waals surface area contributed by atoms with Crippen molar-refractivity contribution in [1.29, 1.82) is 0 Å². The minimum absolute atomic E-state index is 0.0399. The standard InChI is InChI=1S/C16H20FN3/c17-14-11-13(16(12-18)7-2-1-3-8-16)5-6-15(14)20-10-4-9-19-20/h4-6,9-11H,1-3,7-8,12,18H2. The third kappa shape index (κ3) is 2.24. The summed E-state index contributed by atoms with van der Waals surface area (Å²) in [5.41, 5.74) is 7.50. The summed E-state index contributed by atoms with van der Waals surface area (Å²) >= 11 is 0. The SMILES string of the molecule is NCC1(c2ccc(-n3cccn3)c(F)c2)CCCCC1. The Kier molecular flexibility index (Phi) is 3.57. The highest BCUT2D eigenvalue weighted by Gasteiger charge is 2.33. The van der Waals surface area contributed by atoms with Crippen LogP contribution in [0.15, 0.2) is 36.7 Å². The maximum atomic E-state index is 14.4. The van der Waals surface area contributed by atoms with Crippen LogP contribution in [-0.2, 0) is 5.41 Å². The Balaban J connectivity index is 1.97. The van der Waals surface area contributed by atoms with Gasteiger partial charge in [-0.1, -0.05) is 25.3 Å². The molecule has 1 aliphatic carbocycles. The van der Waals surface area contributed by atoms with Crippen LogP contribution in [0.1, 0.15) is 37.7 Å². The number of hydrogen-bond acceptors (Lipinski definition) is 2. The van der Waals surface area contributed by atoms with E-state index in [0.717, 1.165) is 18.4 Å². The summed E-state index contributed by atoms with van der Waals surface area (Å²) < 4.78 is 15.9. The van der Waals surface area contributed by atoms with Crippen LogP contribution in [0.25, 0.3) is 5.69 Å². The van der Waals surface area contributed by atoms with E-state index in [0.29, 0.717) is 12.2 Å². The summed E-state index contributed by atoms with van der Waals surface area (Å²) in [7, 11) is 0. The minimum atomic E-state index is -0.232. The van der Waals surface area contributed by atoms with Gasteiger partial charge in [0, 0.05) is 24.4 Å². The molecule has 106 valence electrons. The Morgan fingerprint density at radius 2 is 2.05 bits per heavy atom. The molecule has 0 atom stereocenters. The minimum Gasteiger partial charge on any atom is -0.330 e. The van der Waals surface area contributed by atoms with Crippen molar-refractivity contribution >= 4 is 0 Å². The van der Waals surface area contributed by atoms with E-state index < -0.39 is 0 Å². The number of nitrogens with zero attached hydrogens (tertiary/aromatic N) is 2. The Labute approximate surface area is 118 Å². The first-order valence-electron chi connectivity index (χ1n) is 7.25. The molecule has 20 heavy (non-hydrogen) atoms. The zero-order chi connectivity index (χ0) is 14.0. The molecular formula is C16H20FN3. The van der Waals surface area contributed by atoms with Crippen LogP contribution < -0.4 is 5.73 Å². The van der Waals surface area contributed by atoms with Crippen LogP contribution in [-0.4, -0.2) is 16.3 Å².